The first-order valence-corrected chi connectivity index (χ1v) is 17.1. The molecule has 0 unspecified atom stereocenters. The first kappa shape index (κ1) is 39.6. The molecule has 6 amide bonds. The van der Waals surface area contributed by atoms with Crippen LogP contribution >= 0.6 is 0 Å². The molecule has 0 aliphatic carbocycles. The van der Waals surface area contributed by atoms with E-state index in [2.05, 4.69) is 15.2 Å². The molecule has 4 atom stereocenters. The van der Waals surface area contributed by atoms with Crippen LogP contribution in [0.2, 0.25) is 0 Å². The van der Waals surface area contributed by atoms with Crippen molar-refractivity contribution < 1.29 is 65.2 Å². The molecule has 3 N–H and O–H groups in total. The van der Waals surface area contributed by atoms with Gasteiger partial charge in [-0.15, -0.1) is 4.28 Å². The average molecular weight is 723 g/mol. The van der Waals surface area contributed by atoms with E-state index < -0.39 is 76.1 Å². The zero-order valence-electron chi connectivity index (χ0n) is 28.6. The van der Waals surface area contributed by atoms with E-state index in [9.17, 15) is 37.2 Å². The average Bonchev–Trinajstić information content (AvgIpc) is 3.34. The Kier molecular flexibility index (Phi) is 12.8. The van der Waals surface area contributed by atoms with Gasteiger partial charge in [0, 0.05) is 19.6 Å². The van der Waals surface area contributed by atoms with Gasteiger partial charge in [-0.1, -0.05) is 0 Å². The maximum atomic E-state index is 12.2. The van der Waals surface area contributed by atoms with E-state index in [1.165, 1.54) is 0 Å². The van der Waals surface area contributed by atoms with E-state index in [1.807, 2.05) is 6.92 Å². The van der Waals surface area contributed by atoms with Gasteiger partial charge >= 0.3 is 34.4 Å². The van der Waals surface area contributed by atoms with Crippen LogP contribution in [-0.4, -0.2) is 137 Å². The molecule has 4 rings (SSSR count). The number of ether oxygens (including phenoxy) is 2. The van der Waals surface area contributed by atoms with Crippen LogP contribution in [0.5, 0.6) is 0 Å². The number of piperidine rings is 2. The fourth-order valence-corrected chi connectivity index (χ4v) is 6.11. The first-order chi connectivity index (χ1) is 22.6. The molecule has 0 saturated carbocycles. The summed E-state index contributed by atoms with van der Waals surface area (Å²) in [5.41, 5.74) is 3.03. The first-order valence-electron chi connectivity index (χ1n) is 15.7. The van der Waals surface area contributed by atoms with Gasteiger partial charge in [0.05, 0.1) is 12.1 Å². The lowest BCUT2D eigenvalue weighted by Gasteiger charge is -2.29. The minimum absolute atomic E-state index is 0.0541. The highest BCUT2D eigenvalue weighted by molar-refractivity contribution is 7.80. The molecule has 21 heteroatoms. The largest absolute Gasteiger partial charge is 0.458 e. The maximum Gasteiger partial charge on any atom is 0.418 e. The van der Waals surface area contributed by atoms with Crippen molar-refractivity contribution in [2.75, 3.05) is 32.8 Å². The van der Waals surface area contributed by atoms with E-state index in [0.29, 0.717) is 24.6 Å². The lowest BCUT2D eigenvalue weighted by Crippen LogP contribution is -2.50. The maximum absolute atomic E-state index is 12.2. The van der Waals surface area contributed by atoms with Crippen molar-refractivity contribution in [3.8, 4) is 0 Å². The Morgan fingerprint density at radius 1 is 0.755 bits per heavy atom. The number of carbonyl (C=O) groups is 6. The third kappa shape index (κ3) is 11.4. The zero-order valence-corrected chi connectivity index (χ0v) is 29.4. The fourth-order valence-electron chi connectivity index (χ4n) is 5.72. The van der Waals surface area contributed by atoms with E-state index in [0.717, 1.165) is 11.3 Å². The molecule has 0 radical (unpaired) electrons. The summed E-state index contributed by atoms with van der Waals surface area (Å²) in [6.45, 7) is 12.6. The molecule has 0 aromatic rings. The zero-order chi connectivity index (χ0) is 36.9. The molecule has 4 saturated heterocycles. The van der Waals surface area contributed by atoms with Gasteiger partial charge in [-0.25, -0.2) is 30.1 Å². The summed E-state index contributed by atoms with van der Waals surface area (Å²) in [5.74, 6) is -2.31. The molecular formula is C28H46N6O14S. The third-order valence-corrected chi connectivity index (χ3v) is 7.85. The molecule has 4 heterocycles. The summed E-state index contributed by atoms with van der Waals surface area (Å²) in [6.07, 6.45) is 1.89. The predicted molar refractivity (Wildman–Crippen MR) is 165 cm³/mol. The van der Waals surface area contributed by atoms with Crippen molar-refractivity contribution in [1.29, 1.82) is 0 Å². The number of hydrogen-bond acceptors (Lipinski definition) is 13. The van der Waals surface area contributed by atoms with Crippen molar-refractivity contribution in [2.24, 2.45) is 0 Å². The third-order valence-electron chi connectivity index (χ3n) is 7.50. The quantitative estimate of drug-likeness (QED) is 0.145. The molecule has 49 heavy (non-hydrogen) atoms. The highest BCUT2D eigenvalue weighted by atomic mass is 32.3. The van der Waals surface area contributed by atoms with E-state index >= 15 is 0 Å². The van der Waals surface area contributed by atoms with Gasteiger partial charge in [-0.2, -0.15) is 13.5 Å². The van der Waals surface area contributed by atoms with Crippen LogP contribution in [-0.2, 0) is 53.0 Å². The van der Waals surface area contributed by atoms with Gasteiger partial charge < -0.3 is 24.2 Å². The number of amides is 6. The summed E-state index contributed by atoms with van der Waals surface area (Å²) < 4.78 is 44.7. The Hall–Kier alpha value is -3.79. The monoisotopic (exact) mass is 722 g/mol. The Morgan fingerprint density at radius 3 is 1.61 bits per heavy atom. The minimum Gasteiger partial charge on any atom is -0.458 e. The summed E-state index contributed by atoms with van der Waals surface area (Å²) >= 11 is 0. The Labute approximate surface area is 284 Å². The summed E-state index contributed by atoms with van der Waals surface area (Å²) in [5, 5.41) is 0.532. The predicted octanol–water partition coefficient (Wildman–Crippen LogP) is 0.0433. The lowest BCUT2D eigenvalue weighted by molar-refractivity contribution is -0.166. The van der Waals surface area contributed by atoms with Gasteiger partial charge in [0.2, 0.25) is 0 Å². The fraction of sp³-hybridized carbons (Fsp3) is 0.786. The van der Waals surface area contributed by atoms with Gasteiger partial charge in [0.15, 0.2) is 13.2 Å². The Bertz CT molecular complexity index is 1380. The van der Waals surface area contributed by atoms with Crippen molar-refractivity contribution in [3.05, 3.63) is 0 Å². The lowest BCUT2D eigenvalue weighted by atomic mass is 10.0. The van der Waals surface area contributed by atoms with Crippen LogP contribution in [0, 0.1) is 0 Å². The number of rotatable bonds is 11. The molecule has 4 fully saturated rings. The van der Waals surface area contributed by atoms with Crippen LogP contribution in [0.3, 0.4) is 0 Å². The number of nitrogens with zero attached hydrogens (tertiary/aromatic N) is 4. The van der Waals surface area contributed by atoms with Crippen molar-refractivity contribution in [1.82, 2.24) is 30.7 Å². The second-order valence-electron chi connectivity index (χ2n) is 13.7. The standard InChI is InChI=1S/C15H25N3O5.C13H21N3O9S/c1-5-17-10-6-7-11(18(8-10)14(17)21)13(20)16-22-9-12(19)23-15(2,3)4;1-13(2,3)24-10(17)7-23-14-11(18)9-5-4-8-6-15(9)12(19)16(8)25-26(20,21)22/h10-11H,5-9H2,1-4H3,(H,16,20);8-9H,4-7H2,1-3H3,(H,14,18)(H,20,21,22)/t10-,11+;8-,9+/m11/s1. The van der Waals surface area contributed by atoms with E-state index in [-0.39, 0.29) is 38.1 Å². The number of esters is 2. The van der Waals surface area contributed by atoms with Gasteiger partial charge in [-0.3, -0.25) is 23.8 Å². The highest BCUT2D eigenvalue weighted by Gasteiger charge is 2.49. The van der Waals surface area contributed by atoms with Crippen LogP contribution in [0.15, 0.2) is 0 Å². The topological polar surface area (TPSA) is 240 Å². The van der Waals surface area contributed by atoms with E-state index in [1.54, 1.807) is 51.3 Å². The molecule has 0 aromatic heterocycles. The molecule has 0 spiro atoms. The van der Waals surface area contributed by atoms with Crippen LogP contribution in [0.25, 0.3) is 0 Å². The molecular weight excluding hydrogens is 676 g/mol. The van der Waals surface area contributed by atoms with Crippen LogP contribution in [0.1, 0.15) is 74.1 Å². The number of fused-ring (bicyclic) bond motifs is 4. The number of nitrogens with one attached hydrogen (secondary N) is 2. The highest BCUT2D eigenvalue weighted by Crippen LogP contribution is 2.31. The number of carbonyl (C=O) groups excluding carboxylic acids is 6. The molecule has 278 valence electrons. The molecule has 4 aliphatic heterocycles. The number of urea groups is 2. The van der Waals surface area contributed by atoms with Crippen molar-refractivity contribution >= 4 is 46.2 Å². The van der Waals surface area contributed by atoms with Crippen LogP contribution in [0.4, 0.5) is 9.59 Å². The van der Waals surface area contributed by atoms with Gasteiger partial charge in [0.25, 0.3) is 11.8 Å². The molecule has 0 aromatic carbocycles. The summed E-state index contributed by atoms with van der Waals surface area (Å²) in [7, 11) is -4.85. The van der Waals surface area contributed by atoms with Gasteiger partial charge in [0.1, 0.15) is 23.3 Å². The Balaban J connectivity index is 0.000000267. The Morgan fingerprint density at radius 2 is 1.18 bits per heavy atom. The molecule has 20 nitrogen and oxygen atoms in total. The van der Waals surface area contributed by atoms with E-state index in [4.69, 9.17) is 23.7 Å². The SMILES string of the molecule is CC(C)(C)OC(=O)CONC(=O)[C@@H]1CC[C@@H]2CN1C(=O)N2OS(=O)(=O)O.CCN1C(=O)N2C[C@H]1CC[C@H]2C(=O)NOCC(=O)OC(C)(C)C. The van der Waals surface area contributed by atoms with Crippen LogP contribution < -0.4 is 11.0 Å². The normalized spacial score (nSPS) is 23.5. The molecule has 4 bridgehead atoms. The number of hydrogen-bond donors (Lipinski definition) is 3. The second kappa shape index (κ2) is 15.8. The van der Waals surface area contributed by atoms with Gasteiger partial charge in [-0.05, 0) is 74.1 Å². The molecule has 4 aliphatic rings. The second-order valence-corrected chi connectivity index (χ2v) is 14.7. The number of hydroxylamine groups is 4. The summed E-state index contributed by atoms with van der Waals surface area (Å²) in [6, 6.07) is -2.85. The summed E-state index contributed by atoms with van der Waals surface area (Å²) in [4.78, 5) is 86.0. The smallest absolute Gasteiger partial charge is 0.418 e. The minimum atomic E-state index is -4.85. The van der Waals surface area contributed by atoms with Crippen molar-refractivity contribution in [2.45, 2.75) is 110 Å². The van der Waals surface area contributed by atoms with Crippen molar-refractivity contribution in [3.63, 3.8) is 0 Å². The number of likely N-dealkylation sites (N-methyl/N-ethyl adjacent to an activating group) is 1.